The fourth-order valence-corrected chi connectivity index (χ4v) is 5.08. The third-order valence-electron chi connectivity index (χ3n) is 6.08. The molecule has 0 radical (unpaired) electrons. The van der Waals surface area contributed by atoms with Gasteiger partial charge in [-0.1, -0.05) is 24.3 Å². The number of nitrogens with zero attached hydrogens (tertiary/aromatic N) is 3. The van der Waals surface area contributed by atoms with Gasteiger partial charge >= 0.3 is 0 Å². The van der Waals surface area contributed by atoms with E-state index in [1.54, 1.807) is 36.7 Å². The molecule has 2 aliphatic rings. The Hall–Kier alpha value is -3.77. The van der Waals surface area contributed by atoms with Crippen molar-refractivity contribution in [3.05, 3.63) is 67.1 Å². The number of furan rings is 1. The van der Waals surface area contributed by atoms with E-state index in [4.69, 9.17) is 24.4 Å². The molecular weight excluding hydrogens is 508 g/mol. The zero-order chi connectivity index (χ0) is 26.5. The first-order valence-corrected chi connectivity index (χ1v) is 13.5. The molecule has 38 heavy (non-hydrogen) atoms. The van der Waals surface area contributed by atoms with Gasteiger partial charge in [-0.15, -0.1) is 0 Å². The first-order chi connectivity index (χ1) is 18.4. The fraction of sp³-hybridized carbons (Fsp3) is 0.259. The Balaban J connectivity index is 1.48. The molecule has 2 aromatic carbocycles. The average Bonchev–Trinajstić information content (AvgIpc) is 3.42. The fourth-order valence-electron chi connectivity index (χ4n) is 3.93. The average molecular weight is 537 g/mol. The Kier molecular flexibility index (Phi) is 7.70. The quantitative estimate of drug-likeness (QED) is 0.334. The zero-order valence-corrected chi connectivity index (χ0v) is 21.7. The van der Waals surface area contributed by atoms with E-state index < -0.39 is 10.0 Å². The molecule has 0 amide bonds. The molecule has 0 spiro atoms. The van der Waals surface area contributed by atoms with Crippen LogP contribution in [-0.4, -0.2) is 69.3 Å². The van der Waals surface area contributed by atoms with Crippen molar-refractivity contribution in [3.8, 4) is 39.6 Å². The van der Waals surface area contributed by atoms with Gasteiger partial charge in [-0.2, -0.15) is 4.31 Å². The minimum Gasteiger partial charge on any atom is -0.491 e. The van der Waals surface area contributed by atoms with Crippen LogP contribution in [0.5, 0.6) is 5.75 Å². The Morgan fingerprint density at radius 1 is 0.895 bits per heavy atom. The van der Waals surface area contributed by atoms with Gasteiger partial charge in [0.25, 0.3) is 0 Å². The van der Waals surface area contributed by atoms with Gasteiger partial charge in [0.1, 0.15) is 18.1 Å². The topological polar surface area (TPSA) is 130 Å². The number of sulfonamides is 1. The summed E-state index contributed by atoms with van der Waals surface area (Å²) in [4.78, 5) is 9.13. The zero-order valence-electron chi connectivity index (χ0n) is 20.9. The van der Waals surface area contributed by atoms with Crippen molar-refractivity contribution in [2.24, 2.45) is 0 Å². The van der Waals surface area contributed by atoms with Gasteiger partial charge in [0.2, 0.25) is 10.0 Å². The summed E-state index contributed by atoms with van der Waals surface area (Å²) >= 11 is 0. The van der Waals surface area contributed by atoms with Gasteiger partial charge < -0.3 is 24.4 Å². The van der Waals surface area contributed by atoms with Crippen molar-refractivity contribution in [2.75, 3.05) is 52.4 Å². The van der Waals surface area contributed by atoms with Gasteiger partial charge in [0, 0.05) is 24.7 Å². The van der Waals surface area contributed by atoms with Crippen molar-refractivity contribution < 1.29 is 27.0 Å². The summed E-state index contributed by atoms with van der Waals surface area (Å²) < 4.78 is 50.0. The van der Waals surface area contributed by atoms with Crippen molar-refractivity contribution >= 4 is 15.8 Å². The van der Waals surface area contributed by atoms with Crippen LogP contribution in [0.2, 0.25) is 0 Å². The standard InChI is InChI=1S/C27H28N4O6S/c1-31-9-10-34-11-12-35-13-14-36-22-4-2-3-20(15-22)21-16-25(37-18-21)26-27(28)29-17-24(30-26)19-5-7-23(8-6-19)38(31,32)33/h2-8,15-18H,9-14H2,1H3,(H2,28,29). The highest BCUT2D eigenvalue weighted by molar-refractivity contribution is 7.89. The van der Waals surface area contributed by atoms with E-state index in [0.29, 0.717) is 54.9 Å². The summed E-state index contributed by atoms with van der Waals surface area (Å²) in [7, 11) is -2.16. The third-order valence-corrected chi connectivity index (χ3v) is 7.95. The summed E-state index contributed by atoms with van der Waals surface area (Å²) in [6, 6.07) is 16.0. The van der Waals surface area contributed by atoms with Crippen LogP contribution in [0.1, 0.15) is 0 Å². The normalized spacial score (nSPS) is 16.9. The van der Waals surface area contributed by atoms with Gasteiger partial charge in [0.15, 0.2) is 11.6 Å². The molecule has 6 rings (SSSR count). The number of rotatable bonds is 0. The molecule has 0 unspecified atom stereocenters. The van der Waals surface area contributed by atoms with Gasteiger partial charge in [-0.25, -0.2) is 18.4 Å². The van der Waals surface area contributed by atoms with Crippen molar-refractivity contribution in [2.45, 2.75) is 4.90 Å². The van der Waals surface area contributed by atoms with Crippen LogP contribution in [0.15, 0.2) is 76.4 Å². The van der Waals surface area contributed by atoms with Crippen molar-refractivity contribution in [1.29, 1.82) is 0 Å². The molecular formula is C27H28N4O6S. The molecule has 0 aliphatic carbocycles. The van der Waals surface area contributed by atoms with E-state index in [2.05, 4.69) is 9.97 Å². The monoisotopic (exact) mass is 536 g/mol. The predicted octanol–water partition coefficient (Wildman–Crippen LogP) is 3.70. The van der Waals surface area contributed by atoms with Crippen LogP contribution in [0.3, 0.4) is 0 Å². The van der Waals surface area contributed by atoms with E-state index in [-0.39, 0.29) is 23.9 Å². The van der Waals surface area contributed by atoms with E-state index in [9.17, 15) is 8.42 Å². The summed E-state index contributed by atoms with van der Waals surface area (Å²) in [6.07, 6.45) is 3.17. The number of ether oxygens (including phenoxy) is 3. The molecule has 2 aliphatic heterocycles. The third kappa shape index (κ3) is 5.70. The largest absolute Gasteiger partial charge is 0.491 e. The van der Waals surface area contributed by atoms with Crippen molar-refractivity contribution in [1.82, 2.24) is 14.3 Å². The number of benzene rings is 2. The Bertz CT molecular complexity index is 1500. The van der Waals surface area contributed by atoms with Crippen LogP contribution in [0.25, 0.3) is 33.8 Å². The van der Waals surface area contributed by atoms with E-state index in [1.165, 1.54) is 11.4 Å². The number of nitrogens with two attached hydrogens (primary N) is 1. The van der Waals surface area contributed by atoms with Crippen LogP contribution in [-0.2, 0) is 19.5 Å². The minimum absolute atomic E-state index is 0.170. The summed E-state index contributed by atoms with van der Waals surface area (Å²) in [6.45, 7) is 1.96. The molecule has 0 saturated heterocycles. The lowest BCUT2D eigenvalue weighted by molar-refractivity contribution is 0.0347. The number of nitrogen functional groups attached to an aromatic ring is 1. The van der Waals surface area contributed by atoms with E-state index in [0.717, 1.165) is 11.1 Å². The Morgan fingerprint density at radius 2 is 1.66 bits per heavy atom. The minimum atomic E-state index is -3.68. The molecule has 198 valence electrons. The molecule has 0 atom stereocenters. The summed E-state index contributed by atoms with van der Waals surface area (Å²) in [5.74, 6) is 1.38. The highest BCUT2D eigenvalue weighted by atomic mass is 32.2. The van der Waals surface area contributed by atoms with Crippen LogP contribution in [0.4, 0.5) is 5.82 Å². The van der Waals surface area contributed by atoms with Gasteiger partial charge in [0.05, 0.1) is 49.5 Å². The van der Waals surface area contributed by atoms with Gasteiger partial charge in [-0.05, 0) is 35.9 Å². The second kappa shape index (κ2) is 11.3. The number of likely N-dealkylation sites (N-methyl/N-ethyl adjacent to an activating group) is 1. The molecule has 0 fully saturated rings. The lowest BCUT2D eigenvalue weighted by Crippen LogP contribution is -2.30. The van der Waals surface area contributed by atoms with Crippen molar-refractivity contribution in [3.63, 3.8) is 0 Å². The SMILES string of the molecule is CN1CCOCCOCCOc2cccc(c2)-c2coc(c2)-c2nc(cnc2N)-c2ccc(cc2)S1(=O)=O. The van der Waals surface area contributed by atoms with Crippen LogP contribution in [0, 0.1) is 0 Å². The number of hydrogen-bond donors (Lipinski definition) is 1. The second-order valence-corrected chi connectivity index (χ2v) is 10.7. The summed E-state index contributed by atoms with van der Waals surface area (Å²) in [5, 5.41) is 0. The number of anilines is 1. The maximum absolute atomic E-state index is 13.0. The van der Waals surface area contributed by atoms with E-state index >= 15 is 0 Å². The second-order valence-electron chi connectivity index (χ2n) is 8.64. The lowest BCUT2D eigenvalue weighted by Gasteiger charge is -2.17. The highest BCUT2D eigenvalue weighted by Gasteiger charge is 2.21. The molecule has 10 nitrogen and oxygen atoms in total. The maximum Gasteiger partial charge on any atom is 0.242 e. The van der Waals surface area contributed by atoms with Crippen LogP contribution >= 0.6 is 0 Å². The van der Waals surface area contributed by atoms with Crippen LogP contribution < -0.4 is 10.5 Å². The smallest absolute Gasteiger partial charge is 0.242 e. The van der Waals surface area contributed by atoms with Gasteiger partial charge in [-0.3, -0.25) is 0 Å². The predicted molar refractivity (Wildman–Crippen MR) is 142 cm³/mol. The lowest BCUT2D eigenvalue weighted by atomic mass is 10.1. The number of aromatic nitrogens is 2. The Labute approximate surface area is 221 Å². The summed E-state index contributed by atoms with van der Waals surface area (Å²) in [5.41, 5.74) is 9.49. The maximum atomic E-state index is 13.0. The highest BCUT2D eigenvalue weighted by Crippen LogP contribution is 2.32. The molecule has 4 heterocycles. The molecule has 2 aromatic heterocycles. The first kappa shape index (κ1) is 25.9. The number of fused-ring (bicyclic) bond motifs is 12. The van der Waals surface area contributed by atoms with E-state index in [1.807, 2.05) is 30.3 Å². The number of hydrogen-bond acceptors (Lipinski definition) is 9. The molecule has 8 bridgehead atoms. The first-order valence-electron chi connectivity index (χ1n) is 12.1. The molecule has 0 saturated carbocycles. The molecule has 4 aromatic rings. The molecule has 11 heteroatoms. The Morgan fingerprint density at radius 3 is 2.47 bits per heavy atom. The molecule has 2 N–H and O–H groups in total.